The van der Waals surface area contributed by atoms with Crippen molar-refractivity contribution in [2.75, 3.05) is 23.3 Å². The molecule has 1 aliphatic heterocycles. The summed E-state index contributed by atoms with van der Waals surface area (Å²) >= 11 is 0. The van der Waals surface area contributed by atoms with Crippen molar-refractivity contribution in [2.45, 2.75) is 32.6 Å². The van der Waals surface area contributed by atoms with Crippen LogP contribution in [0.4, 0.5) is 11.5 Å². The minimum Gasteiger partial charge on any atom is -0.366 e. The van der Waals surface area contributed by atoms with E-state index in [0.29, 0.717) is 33.9 Å². The molecule has 0 bridgehead atoms. The zero-order chi connectivity index (χ0) is 20.1. The summed E-state index contributed by atoms with van der Waals surface area (Å²) in [5, 5.41) is 12.2. The minimum absolute atomic E-state index is 0.310. The van der Waals surface area contributed by atoms with E-state index in [1.54, 1.807) is 31.2 Å². The lowest BCUT2D eigenvalue weighted by molar-refractivity contribution is 0.0996. The number of pyridine rings is 1. The lowest BCUT2D eigenvalue weighted by atomic mass is 10.1. The molecule has 1 fully saturated rings. The fourth-order valence-electron chi connectivity index (χ4n) is 3.35. The largest absolute Gasteiger partial charge is 0.366 e. The average molecular weight is 377 g/mol. The van der Waals surface area contributed by atoms with Gasteiger partial charge in [0.05, 0.1) is 16.8 Å². The Hall–Kier alpha value is -3.40. The van der Waals surface area contributed by atoms with Crippen molar-refractivity contribution in [1.29, 1.82) is 5.26 Å². The minimum atomic E-state index is -0.565. The van der Waals surface area contributed by atoms with Crippen molar-refractivity contribution in [3.8, 4) is 6.07 Å². The van der Waals surface area contributed by atoms with Crippen LogP contribution in [0, 0.1) is 18.3 Å². The lowest BCUT2D eigenvalue weighted by Crippen LogP contribution is -2.28. The van der Waals surface area contributed by atoms with E-state index in [1.807, 2.05) is 0 Å². The van der Waals surface area contributed by atoms with Crippen molar-refractivity contribution in [2.24, 2.45) is 5.73 Å². The van der Waals surface area contributed by atoms with Crippen LogP contribution in [0.2, 0.25) is 0 Å². The summed E-state index contributed by atoms with van der Waals surface area (Å²) in [6.45, 7) is 3.43. The highest BCUT2D eigenvalue weighted by atomic mass is 16.2. The van der Waals surface area contributed by atoms with Gasteiger partial charge in [0.25, 0.3) is 5.91 Å². The molecule has 0 saturated carbocycles. The molecule has 0 spiro atoms. The third-order valence-electron chi connectivity index (χ3n) is 4.87. The first-order chi connectivity index (χ1) is 13.5. The molecular formula is C21H23N5O2. The fourth-order valence-corrected chi connectivity index (χ4v) is 3.35. The molecule has 1 aromatic heterocycles. The quantitative estimate of drug-likeness (QED) is 0.850. The molecule has 1 aromatic carbocycles. The van der Waals surface area contributed by atoms with E-state index >= 15 is 0 Å². The van der Waals surface area contributed by atoms with Gasteiger partial charge in [0.1, 0.15) is 11.9 Å². The monoisotopic (exact) mass is 377 g/mol. The molecule has 1 saturated heterocycles. The van der Waals surface area contributed by atoms with Crippen molar-refractivity contribution in [3.63, 3.8) is 0 Å². The fraction of sp³-hybridized carbons (Fsp3) is 0.333. The molecule has 0 radical (unpaired) electrons. The maximum absolute atomic E-state index is 13.0. The highest BCUT2D eigenvalue weighted by Crippen LogP contribution is 2.25. The Morgan fingerprint density at radius 1 is 1.18 bits per heavy atom. The van der Waals surface area contributed by atoms with Crippen LogP contribution in [-0.2, 0) is 0 Å². The van der Waals surface area contributed by atoms with E-state index in [-0.39, 0.29) is 5.91 Å². The van der Waals surface area contributed by atoms with Gasteiger partial charge in [0.15, 0.2) is 0 Å². The summed E-state index contributed by atoms with van der Waals surface area (Å²) in [6, 6.07) is 10.1. The third-order valence-corrected chi connectivity index (χ3v) is 4.87. The number of nitriles is 1. The molecule has 7 heteroatoms. The van der Waals surface area contributed by atoms with Gasteiger partial charge in [-0.15, -0.1) is 0 Å². The Labute approximate surface area is 164 Å². The van der Waals surface area contributed by atoms with Crippen LogP contribution in [0.25, 0.3) is 0 Å². The Bertz CT molecular complexity index is 940. The van der Waals surface area contributed by atoms with Gasteiger partial charge in [0, 0.05) is 24.3 Å². The number of nitrogens with one attached hydrogen (secondary N) is 1. The Kier molecular flexibility index (Phi) is 5.90. The first-order valence-corrected chi connectivity index (χ1v) is 9.37. The summed E-state index contributed by atoms with van der Waals surface area (Å²) < 4.78 is 0. The first kappa shape index (κ1) is 19.4. The summed E-state index contributed by atoms with van der Waals surface area (Å²) in [7, 11) is 0. The summed E-state index contributed by atoms with van der Waals surface area (Å²) in [5.41, 5.74) is 7.41. The predicted molar refractivity (Wildman–Crippen MR) is 107 cm³/mol. The molecule has 1 aliphatic rings. The first-order valence-electron chi connectivity index (χ1n) is 9.37. The normalized spacial score (nSPS) is 14.1. The number of aromatic nitrogens is 1. The Morgan fingerprint density at radius 2 is 1.89 bits per heavy atom. The van der Waals surface area contributed by atoms with Gasteiger partial charge in [-0.1, -0.05) is 18.9 Å². The molecule has 2 amide bonds. The number of nitrogens with two attached hydrogens (primary N) is 1. The maximum atomic E-state index is 13.0. The Balaban J connectivity index is 1.96. The van der Waals surface area contributed by atoms with Crippen LogP contribution < -0.4 is 16.0 Å². The number of aryl methyl sites for hydroxylation is 1. The summed E-state index contributed by atoms with van der Waals surface area (Å²) in [4.78, 5) is 31.1. The second-order valence-corrected chi connectivity index (χ2v) is 6.90. The van der Waals surface area contributed by atoms with Crippen LogP contribution in [0.15, 0.2) is 30.3 Å². The van der Waals surface area contributed by atoms with E-state index in [2.05, 4.69) is 21.3 Å². The molecule has 7 nitrogen and oxygen atoms in total. The van der Waals surface area contributed by atoms with Crippen molar-refractivity contribution in [1.82, 2.24) is 4.98 Å². The maximum Gasteiger partial charge on any atom is 0.259 e. The zero-order valence-electron chi connectivity index (χ0n) is 15.9. The van der Waals surface area contributed by atoms with E-state index in [4.69, 9.17) is 5.73 Å². The number of anilines is 2. The number of carbonyl (C=O) groups excluding carboxylic acids is 2. The van der Waals surface area contributed by atoms with Crippen LogP contribution in [0.1, 0.15) is 57.7 Å². The number of benzene rings is 1. The molecule has 0 atom stereocenters. The summed E-state index contributed by atoms with van der Waals surface area (Å²) in [5.74, 6) is -0.336. The van der Waals surface area contributed by atoms with E-state index in [9.17, 15) is 14.9 Å². The smallest absolute Gasteiger partial charge is 0.259 e. The number of primary amides is 1. The van der Waals surface area contributed by atoms with E-state index in [0.717, 1.165) is 38.8 Å². The molecule has 3 N–H and O–H groups in total. The molecule has 144 valence electrons. The van der Waals surface area contributed by atoms with Gasteiger partial charge in [0.2, 0.25) is 5.91 Å². The molecule has 0 aliphatic carbocycles. The summed E-state index contributed by atoms with van der Waals surface area (Å²) in [6.07, 6.45) is 4.41. The van der Waals surface area contributed by atoms with E-state index < -0.39 is 5.91 Å². The molecule has 2 aromatic rings. The standard InChI is InChI=1S/C21H23N5O2/c1-14-16(13-22)12-18(20(24-14)26-9-4-2-3-5-10-26)21(28)25-17-8-6-7-15(11-17)19(23)27/h6-8,11-12H,2-5,9-10H2,1H3,(H2,23,27)(H,25,28). The number of amides is 2. The second-order valence-electron chi connectivity index (χ2n) is 6.90. The number of hydrogen-bond acceptors (Lipinski definition) is 5. The van der Waals surface area contributed by atoms with Crippen LogP contribution in [0.3, 0.4) is 0 Å². The topological polar surface area (TPSA) is 112 Å². The third kappa shape index (κ3) is 4.29. The van der Waals surface area contributed by atoms with Crippen LogP contribution in [-0.4, -0.2) is 29.9 Å². The highest BCUT2D eigenvalue weighted by molar-refractivity contribution is 6.08. The van der Waals surface area contributed by atoms with Gasteiger partial charge in [-0.2, -0.15) is 5.26 Å². The number of nitrogens with zero attached hydrogens (tertiary/aromatic N) is 3. The molecule has 0 unspecified atom stereocenters. The molecule has 28 heavy (non-hydrogen) atoms. The molecular weight excluding hydrogens is 354 g/mol. The van der Waals surface area contributed by atoms with Crippen molar-refractivity contribution >= 4 is 23.3 Å². The SMILES string of the molecule is Cc1nc(N2CCCCCC2)c(C(=O)Nc2cccc(C(N)=O)c2)cc1C#N. The van der Waals surface area contributed by atoms with Crippen molar-refractivity contribution < 1.29 is 9.59 Å². The van der Waals surface area contributed by atoms with Gasteiger partial charge in [-0.3, -0.25) is 9.59 Å². The molecule has 2 heterocycles. The van der Waals surface area contributed by atoms with Gasteiger partial charge in [-0.25, -0.2) is 4.98 Å². The van der Waals surface area contributed by atoms with Crippen LogP contribution in [0.5, 0.6) is 0 Å². The molecule has 3 rings (SSSR count). The van der Waals surface area contributed by atoms with E-state index in [1.165, 1.54) is 6.07 Å². The lowest BCUT2D eigenvalue weighted by Gasteiger charge is -2.24. The average Bonchev–Trinajstić information content (AvgIpc) is 2.97. The van der Waals surface area contributed by atoms with Gasteiger partial charge in [-0.05, 0) is 44.0 Å². The second kappa shape index (κ2) is 8.53. The van der Waals surface area contributed by atoms with Gasteiger partial charge < -0.3 is 16.0 Å². The zero-order valence-corrected chi connectivity index (χ0v) is 15.9. The highest BCUT2D eigenvalue weighted by Gasteiger charge is 2.22. The van der Waals surface area contributed by atoms with Crippen molar-refractivity contribution in [3.05, 3.63) is 52.7 Å². The Morgan fingerprint density at radius 3 is 2.54 bits per heavy atom. The predicted octanol–water partition coefficient (Wildman–Crippen LogP) is 2.99. The van der Waals surface area contributed by atoms with Gasteiger partial charge >= 0.3 is 0 Å². The number of rotatable bonds is 4. The number of hydrogen-bond donors (Lipinski definition) is 2. The number of carbonyl (C=O) groups is 2. The van der Waals surface area contributed by atoms with Crippen LogP contribution >= 0.6 is 0 Å².